The van der Waals surface area contributed by atoms with E-state index in [0.717, 1.165) is 0 Å². The molecule has 2 amide bonds. The van der Waals surface area contributed by atoms with Crippen molar-refractivity contribution >= 4 is 39.9 Å². The van der Waals surface area contributed by atoms with Crippen LogP contribution in [0.2, 0.25) is 0 Å². The number of benzene rings is 2. The van der Waals surface area contributed by atoms with Crippen molar-refractivity contribution < 1.29 is 18.8 Å². The zero-order chi connectivity index (χ0) is 20.7. The van der Waals surface area contributed by atoms with Crippen LogP contribution >= 0.6 is 0 Å². The van der Waals surface area contributed by atoms with Crippen LogP contribution in [-0.2, 0) is 11.8 Å². The number of amides is 2. The minimum Gasteiger partial charge on any atom is -0.338 e. The van der Waals surface area contributed by atoms with Crippen LogP contribution in [-0.4, -0.2) is 28.7 Å². The monoisotopic (exact) mass is 393 g/mol. The summed E-state index contributed by atoms with van der Waals surface area (Å²) < 4.78 is 15.6. The highest BCUT2D eigenvalue weighted by molar-refractivity contribution is 6.17. The molecule has 0 aliphatic carbocycles. The number of Topliss-reactive ketones (excluding diaryl/α,β-unsaturated/α-hetero) is 1. The van der Waals surface area contributed by atoms with Crippen molar-refractivity contribution in [1.82, 2.24) is 4.57 Å². The number of aryl methyl sites for hydroxylation is 1. The number of halogens is 1. The van der Waals surface area contributed by atoms with Crippen molar-refractivity contribution in [3.63, 3.8) is 0 Å². The number of hydrogen-bond acceptors (Lipinski definition) is 3. The number of ketones is 1. The van der Waals surface area contributed by atoms with Gasteiger partial charge in [0, 0.05) is 36.7 Å². The molecule has 7 heteroatoms. The third kappa shape index (κ3) is 3.29. The van der Waals surface area contributed by atoms with E-state index in [0.29, 0.717) is 47.2 Å². The summed E-state index contributed by atoms with van der Waals surface area (Å²) in [5.74, 6) is -0.979. The fourth-order valence-electron chi connectivity index (χ4n) is 3.79. The number of nitrogens with zero attached hydrogens (tertiary/aromatic N) is 2. The summed E-state index contributed by atoms with van der Waals surface area (Å²) in [4.78, 5) is 38.6. The molecule has 1 N–H and O–H groups in total. The Morgan fingerprint density at radius 3 is 2.45 bits per heavy atom. The summed E-state index contributed by atoms with van der Waals surface area (Å²) >= 11 is 0. The number of anilines is 2. The second-order valence-corrected chi connectivity index (χ2v) is 7.15. The van der Waals surface area contributed by atoms with Gasteiger partial charge in [-0.3, -0.25) is 14.4 Å². The van der Waals surface area contributed by atoms with Crippen LogP contribution in [0.5, 0.6) is 0 Å². The molecule has 1 fully saturated rings. The highest BCUT2D eigenvalue weighted by atomic mass is 19.1. The van der Waals surface area contributed by atoms with Crippen LogP contribution in [0.15, 0.2) is 42.5 Å². The van der Waals surface area contributed by atoms with E-state index in [-0.39, 0.29) is 17.4 Å². The predicted octanol–water partition coefficient (Wildman–Crippen LogP) is 3.90. The molecule has 0 spiro atoms. The molecule has 29 heavy (non-hydrogen) atoms. The molecule has 0 atom stereocenters. The van der Waals surface area contributed by atoms with Crippen molar-refractivity contribution in [2.75, 3.05) is 16.8 Å². The molecule has 2 heterocycles. The number of fused-ring (bicyclic) bond motifs is 1. The number of rotatable bonds is 4. The fraction of sp³-hybridized carbons (Fsp3) is 0.227. The highest BCUT2D eigenvalue weighted by Gasteiger charge is 2.31. The van der Waals surface area contributed by atoms with Crippen molar-refractivity contribution in [3.8, 4) is 0 Å². The predicted molar refractivity (Wildman–Crippen MR) is 109 cm³/mol. The Kier molecular flexibility index (Phi) is 4.66. The van der Waals surface area contributed by atoms with Crippen LogP contribution in [0.3, 0.4) is 0 Å². The molecule has 0 unspecified atom stereocenters. The lowest BCUT2D eigenvalue weighted by Gasteiger charge is -2.18. The second-order valence-electron chi connectivity index (χ2n) is 7.15. The van der Waals surface area contributed by atoms with Gasteiger partial charge in [0.2, 0.25) is 5.91 Å². The Morgan fingerprint density at radius 2 is 1.83 bits per heavy atom. The maximum Gasteiger partial charge on any atom is 0.274 e. The van der Waals surface area contributed by atoms with Gasteiger partial charge in [-0.1, -0.05) is 0 Å². The average molecular weight is 393 g/mol. The molecular formula is C22H20FN3O3. The van der Waals surface area contributed by atoms with E-state index in [2.05, 4.69) is 5.32 Å². The minimum absolute atomic E-state index is 0.0616. The summed E-state index contributed by atoms with van der Waals surface area (Å²) in [5.41, 5.74) is 2.46. The molecule has 1 aromatic heterocycles. The van der Waals surface area contributed by atoms with Crippen molar-refractivity contribution in [2.24, 2.45) is 7.05 Å². The Balaban J connectivity index is 1.79. The lowest BCUT2D eigenvalue weighted by Crippen LogP contribution is -2.27. The zero-order valence-corrected chi connectivity index (χ0v) is 16.2. The topological polar surface area (TPSA) is 71.4 Å². The number of aromatic nitrogens is 1. The number of nitrogens with one attached hydrogen (secondary N) is 1. The van der Waals surface area contributed by atoms with E-state index in [1.807, 2.05) is 0 Å². The summed E-state index contributed by atoms with van der Waals surface area (Å²) in [7, 11) is 1.72. The van der Waals surface area contributed by atoms with Crippen LogP contribution in [0.4, 0.5) is 15.8 Å². The molecule has 2 aromatic carbocycles. The van der Waals surface area contributed by atoms with Gasteiger partial charge in [0.15, 0.2) is 5.78 Å². The summed E-state index contributed by atoms with van der Waals surface area (Å²) in [6, 6.07) is 10.9. The number of hydrogen-bond donors (Lipinski definition) is 1. The van der Waals surface area contributed by atoms with Crippen LogP contribution < -0.4 is 10.2 Å². The Morgan fingerprint density at radius 1 is 1.10 bits per heavy atom. The number of carbonyl (C=O) groups is 3. The Bertz CT molecular complexity index is 1150. The van der Waals surface area contributed by atoms with Gasteiger partial charge < -0.3 is 14.8 Å². The van der Waals surface area contributed by atoms with Gasteiger partial charge in [0.25, 0.3) is 5.91 Å². The SMILES string of the molecule is CC(=O)c1ccc(NC(=O)c2c(N3CCCC3=O)c3cc(F)ccc3n2C)cc1. The quantitative estimate of drug-likeness (QED) is 0.684. The zero-order valence-electron chi connectivity index (χ0n) is 16.2. The molecule has 1 aliphatic rings. The van der Waals surface area contributed by atoms with Gasteiger partial charge in [0.05, 0.1) is 11.2 Å². The Hall–Kier alpha value is -3.48. The first-order chi connectivity index (χ1) is 13.9. The molecule has 1 aliphatic heterocycles. The van der Waals surface area contributed by atoms with Crippen LogP contribution in [0.25, 0.3) is 10.9 Å². The summed E-state index contributed by atoms with van der Waals surface area (Å²) in [6.45, 7) is 1.96. The van der Waals surface area contributed by atoms with E-state index in [4.69, 9.17) is 0 Å². The average Bonchev–Trinajstić information content (AvgIpc) is 3.22. The van der Waals surface area contributed by atoms with Crippen molar-refractivity contribution in [3.05, 3.63) is 59.5 Å². The largest absolute Gasteiger partial charge is 0.338 e. The van der Waals surface area contributed by atoms with Gasteiger partial charge in [-0.05, 0) is 55.8 Å². The second kappa shape index (κ2) is 7.16. The normalized spacial score (nSPS) is 13.9. The summed E-state index contributed by atoms with van der Waals surface area (Å²) in [6.07, 6.45) is 1.09. The van der Waals surface area contributed by atoms with Gasteiger partial charge in [-0.15, -0.1) is 0 Å². The maximum absolute atomic E-state index is 14.0. The maximum atomic E-state index is 14.0. The first-order valence-electron chi connectivity index (χ1n) is 9.37. The lowest BCUT2D eigenvalue weighted by atomic mass is 10.1. The standard InChI is InChI=1S/C22H20FN3O3/c1-13(27)14-5-8-16(9-6-14)24-22(29)21-20(26-11-3-4-19(26)28)17-12-15(23)7-10-18(17)25(21)2/h5-10,12H,3-4,11H2,1-2H3,(H,24,29). The molecule has 148 valence electrons. The van der Waals surface area contributed by atoms with E-state index >= 15 is 0 Å². The van der Waals surface area contributed by atoms with E-state index in [9.17, 15) is 18.8 Å². The van der Waals surface area contributed by atoms with Gasteiger partial charge in [0.1, 0.15) is 11.5 Å². The molecular weight excluding hydrogens is 373 g/mol. The third-order valence-corrected chi connectivity index (χ3v) is 5.24. The fourth-order valence-corrected chi connectivity index (χ4v) is 3.79. The first kappa shape index (κ1) is 18.9. The Labute approximate surface area is 166 Å². The molecule has 6 nitrogen and oxygen atoms in total. The first-order valence-corrected chi connectivity index (χ1v) is 9.37. The van der Waals surface area contributed by atoms with E-state index in [1.165, 1.54) is 19.1 Å². The summed E-state index contributed by atoms with van der Waals surface area (Å²) in [5, 5.41) is 3.34. The minimum atomic E-state index is -0.428. The van der Waals surface area contributed by atoms with Crippen molar-refractivity contribution in [1.29, 1.82) is 0 Å². The smallest absolute Gasteiger partial charge is 0.274 e. The molecule has 0 saturated carbocycles. The lowest BCUT2D eigenvalue weighted by molar-refractivity contribution is -0.117. The van der Waals surface area contributed by atoms with Crippen LogP contribution in [0.1, 0.15) is 40.6 Å². The number of carbonyl (C=O) groups excluding carboxylic acids is 3. The molecule has 3 aromatic rings. The molecule has 0 bridgehead atoms. The van der Waals surface area contributed by atoms with E-state index < -0.39 is 11.7 Å². The van der Waals surface area contributed by atoms with Crippen molar-refractivity contribution in [2.45, 2.75) is 19.8 Å². The molecule has 0 radical (unpaired) electrons. The molecule has 4 rings (SSSR count). The van der Waals surface area contributed by atoms with Crippen LogP contribution in [0, 0.1) is 5.82 Å². The third-order valence-electron chi connectivity index (χ3n) is 5.24. The van der Waals surface area contributed by atoms with Gasteiger partial charge >= 0.3 is 0 Å². The van der Waals surface area contributed by atoms with Gasteiger partial charge in [-0.25, -0.2) is 4.39 Å². The molecule has 1 saturated heterocycles. The van der Waals surface area contributed by atoms with E-state index in [1.54, 1.807) is 46.8 Å². The van der Waals surface area contributed by atoms with Gasteiger partial charge in [-0.2, -0.15) is 0 Å². The highest BCUT2D eigenvalue weighted by Crippen LogP contribution is 2.36.